The first-order chi connectivity index (χ1) is 16.7. The van der Waals surface area contributed by atoms with Gasteiger partial charge < -0.3 is 5.32 Å². The van der Waals surface area contributed by atoms with Gasteiger partial charge in [-0.1, -0.05) is 76.6 Å². The predicted octanol–water partition coefficient (Wildman–Crippen LogP) is 7.40. The molecule has 0 bridgehead atoms. The largest absolute Gasteiger partial charge is 0.320 e. The molecule has 34 heavy (non-hydrogen) atoms. The molecule has 1 amide bonds. The molecule has 0 unspecified atom stereocenters. The van der Waals surface area contributed by atoms with Gasteiger partial charge in [-0.25, -0.2) is 9.98 Å². The summed E-state index contributed by atoms with van der Waals surface area (Å²) >= 11 is 3.59. The third-order valence-electron chi connectivity index (χ3n) is 5.90. The highest BCUT2D eigenvalue weighted by atomic mass is 79.9. The van der Waals surface area contributed by atoms with Crippen LogP contribution < -0.4 is 5.32 Å². The topological polar surface area (TPSA) is 54.4 Å². The van der Waals surface area contributed by atoms with Crippen LogP contribution in [0.15, 0.2) is 113 Å². The lowest BCUT2D eigenvalue weighted by atomic mass is 9.98. The van der Waals surface area contributed by atoms with Gasteiger partial charge in [0, 0.05) is 21.0 Å². The van der Waals surface area contributed by atoms with Gasteiger partial charge in [-0.05, 0) is 53.6 Å². The number of aliphatic imine (C=N–C) groups is 1. The second-order valence-corrected chi connectivity index (χ2v) is 9.01. The van der Waals surface area contributed by atoms with E-state index in [2.05, 4.69) is 50.5 Å². The first-order valence-electron chi connectivity index (χ1n) is 10.9. The van der Waals surface area contributed by atoms with E-state index in [1.54, 1.807) is 0 Å². The number of para-hydroxylation sites is 1. The van der Waals surface area contributed by atoms with E-state index in [0.29, 0.717) is 5.71 Å². The van der Waals surface area contributed by atoms with Crippen LogP contribution in [-0.2, 0) is 4.79 Å². The molecule has 4 nitrogen and oxygen atoms in total. The zero-order chi connectivity index (χ0) is 23.1. The molecule has 6 rings (SSSR count). The summed E-state index contributed by atoms with van der Waals surface area (Å²) in [6.45, 7) is 0. The minimum absolute atomic E-state index is 0.180. The Kier molecular flexibility index (Phi) is 5.04. The molecule has 0 radical (unpaired) electrons. The molecular weight excluding hydrogens is 486 g/mol. The summed E-state index contributed by atoms with van der Waals surface area (Å²) in [4.78, 5) is 21.9. The third-order valence-corrected chi connectivity index (χ3v) is 6.40. The molecule has 0 atom stereocenters. The number of anilines is 1. The molecular formula is C29H18BrN3O. The molecule has 5 heteroatoms. The number of nitrogens with one attached hydrogen (secondary N) is 1. The predicted molar refractivity (Wildman–Crippen MR) is 142 cm³/mol. The summed E-state index contributed by atoms with van der Waals surface area (Å²) < 4.78 is 1.02. The molecule has 1 aliphatic heterocycles. The number of pyridine rings is 1. The number of carbonyl (C=O) groups excluding carboxylic acids is 1. The fourth-order valence-electron chi connectivity index (χ4n) is 4.25. The number of nitrogens with zero attached hydrogens (tertiary/aromatic N) is 2. The monoisotopic (exact) mass is 503 g/mol. The fraction of sp³-hybridized carbons (Fsp3) is 0. The average Bonchev–Trinajstić information content (AvgIpc) is 3.19. The zero-order valence-corrected chi connectivity index (χ0v) is 19.6. The summed E-state index contributed by atoms with van der Waals surface area (Å²) in [5.74, 6) is -0.180. The maximum Gasteiger partial charge on any atom is 0.275 e. The Morgan fingerprint density at radius 3 is 2.32 bits per heavy atom. The number of amides is 1. The zero-order valence-electron chi connectivity index (χ0n) is 18.0. The molecule has 0 fully saturated rings. The highest BCUT2D eigenvalue weighted by molar-refractivity contribution is 9.10. The highest BCUT2D eigenvalue weighted by Crippen LogP contribution is 2.34. The Bertz CT molecular complexity index is 1590. The van der Waals surface area contributed by atoms with Crippen LogP contribution in [0.1, 0.15) is 5.56 Å². The normalized spacial score (nSPS) is 13.8. The maximum absolute atomic E-state index is 12.4. The minimum atomic E-state index is -0.180. The van der Waals surface area contributed by atoms with Crippen molar-refractivity contribution in [2.75, 3.05) is 5.32 Å². The molecule has 1 aliphatic rings. The van der Waals surface area contributed by atoms with Crippen molar-refractivity contribution in [3.8, 4) is 22.4 Å². The Labute approximate surface area is 205 Å². The first kappa shape index (κ1) is 20.5. The molecule has 0 aliphatic carbocycles. The van der Waals surface area contributed by atoms with Crippen molar-refractivity contribution in [1.29, 1.82) is 0 Å². The van der Waals surface area contributed by atoms with Gasteiger partial charge in [0.15, 0.2) is 0 Å². The summed E-state index contributed by atoms with van der Waals surface area (Å²) in [7, 11) is 0. The van der Waals surface area contributed by atoms with Crippen LogP contribution in [0.2, 0.25) is 0 Å². The lowest BCUT2D eigenvalue weighted by Gasteiger charge is -2.11. The Morgan fingerprint density at radius 1 is 0.735 bits per heavy atom. The van der Waals surface area contributed by atoms with E-state index in [0.717, 1.165) is 54.7 Å². The number of rotatable bonds is 3. The molecule has 1 N–H and O–H groups in total. The average molecular weight is 504 g/mol. The fourth-order valence-corrected chi connectivity index (χ4v) is 4.61. The number of halogens is 1. The second-order valence-electron chi connectivity index (χ2n) is 8.09. The van der Waals surface area contributed by atoms with Crippen molar-refractivity contribution in [3.63, 3.8) is 0 Å². The van der Waals surface area contributed by atoms with Gasteiger partial charge in [-0.15, -0.1) is 0 Å². The number of aromatic nitrogens is 1. The molecule has 0 spiro atoms. The van der Waals surface area contributed by atoms with Gasteiger partial charge in [0.05, 0.1) is 22.6 Å². The van der Waals surface area contributed by atoms with Crippen LogP contribution in [0.5, 0.6) is 0 Å². The first-order valence-corrected chi connectivity index (χ1v) is 11.7. The number of hydrogen-bond donors (Lipinski definition) is 1. The summed E-state index contributed by atoms with van der Waals surface area (Å²) in [5, 5.41) is 3.96. The van der Waals surface area contributed by atoms with Gasteiger partial charge in [-0.3, -0.25) is 4.79 Å². The van der Waals surface area contributed by atoms with Crippen molar-refractivity contribution in [3.05, 3.63) is 113 Å². The molecule has 5 aromatic rings. The molecule has 1 aromatic heterocycles. The molecule has 162 valence electrons. The van der Waals surface area contributed by atoms with Crippen molar-refractivity contribution >= 4 is 49.8 Å². The van der Waals surface area contributed by atoms with E-state index in [4.69, 9.17) is 4.98 Å². The number of fused-ring (bicyclic) bond motifs is 2. The molecule has 4 aromatic carbocycles. The third kappa shape index (κ3) is 3.70. The standard InChI is InChI=1S/C29H18BrN3O/c30-20-12-15-26-24(16-20)23(18-6-2-1-3-7-18)17-27(32-26)19-10-13-21(14-11-19)31-28-22-8-4-5-9-25(22)33-29(28)34/h1-17H,(H,31,33,34). The van der Waals surface area contributed by atoms with Crippen LogP contribution in [0.25, 0.3) is 33.3 Å². The van der Waals surface area contributed by atoms with Crippen LogP contribution in [-0.4, -0.2) is 16.6 Å². The Hall–Kier alpha value is -4.09. The smallest absolute Gasteiger partial charge is 0.275 e. The van der Waals surface area contributed by atoms with Crippen LogP contribution in [0.4, 0.5) is 11.4 Å². The molecule has 2 heterocycles. The van der Waals surface area contributed by atoms with E-state index in [-0.39, 0.29) is 5.91 Å². The summed E-state index contributed by atoms with van der Waals surface area (Å²) in [6, 6.07) is 34.1. The van der Waals surface area contributed by atoms with Crippen LogP contribution in [0, 0.1) is 0 Å². The Balaban J connectivity index is 1.42. The maximum atomic E-state index is 12.4. The minimum Gasteiger partial charge on any atom is -0.320 e. The van der Waals surface area contributed by atoms with Crippen molar-refractivity contribution < 1.29 is 4.79 Å². The van der Waals surface area contributed by atoms with E-state index in [9.17, 15) is 4.79 Å². The van der Waals surface area contributed by atoms with Gasteiger partial charge in [0.1, 0.15) is 5.71 Å². The molecule has 0 saturated heterocycles. The number of hydrogen-bond acceptors (Lipinski definition) is 3. The number of carbonyl (C=O) groups is 1. The SMILES string of the molecule is O=C1Nc2ccccc2C1=Nc1ccc(-c2cc(-c3ccccc3)c3cc(Br)ccc3n2)cc1. The van der Waals surface area contributed by atoms with E-state index in [1.807, 2.05) is 78.9 Å². The van der Waals surface area contributed by atoms with Crippen LogP contribution in [0.3, 0.4) is 0 Å². The van der Waals surface area contributed by atoms with Gasteiger partial charge in [0.25, 0.3) is 5.91 Å². The second kappa shape index (κ2) is 8.36. The van der Waals surface area contributed by atoms with Gasteiger partial charge in [0.2, 0.25) is 0 Å². The van der Waals surface area contributed by atoms with Crippen molar-refractivity contribution in [1.82, 2.24) is 4.98 Å². The van der Waals surface area contributed by atoms with E-state index >= 15 is 0 Å². The molecule has 0 saturated carbocycles. The Morgan fingerprint density at radius 2 is 1.50 bits per heavy atom. The van der Waals surface area contributed by atoms with E-state index < -0.39 is 0 Å². The van der Waals surface area contributed by atoms with Crippen molar-refractivity contribution in [2.45, 2.75) is 0 Å². The summed E-state index contributed by atoms with van der Waals surface area (Å²) in [6.07, 6.45) is 0. The number of benzene rings is 4. The lowest BCUT2D eigenvalue weighted by Crippen LogP contribution is -2.13. The summed E-state index contributed by atoms with van der Waals surface area (Å²) in [5.41, 5.74) is 7.85. The van der Waals surface area contributed by atoms with E-state index in [1.165, 1.54) is 0 Å². The van der Waals surface area contributed by atoms with Crippen LogP contribution >= 0.6 is 15.9 Å². The lowest BCUT2D eigenvalue weighted by molar-refractivity contribution is -0.110. The van der Waals surface area contributed by atoms with Gasteiger partial charge >= 0.3 is 0 Å². The highest BCUT2D eigenvalue weighted by Gasteiger charge is 2.25. The van der Waals surface area contributed by atoms with Gasteiger partial charge in [-0.2, -0.15) is 0 Å². The quantitative estimate of drug-likeness (QED) is 0.278. The van der Waals surface area contributed by atoms with Crippen molar-refractivity contribution in [2.24, 2.45) is 4.99 Å².